The Labute approximate surface area is 88.0 Å². The Hall–Kier alpha value is -1.91. The first kappa shape index (κ1) is 11.2. The van der Waals surface area contributed by atoms with E-state index in [4.69, 9.17) is 0 Å². The van der Waals surface area contributed by atoms with Gasteiger partial charge >= 0.3 is 0 Å². The van der Waals surface area contributed by atoms with E-state index in [-0.39, 0.29) is 11.7 Å². The van der Waals surface area contributed by atoms with Gasteiger partial charge in [0, 0.05) is 17.8 Å². The molecule has 0 radical (unpaired) electrons. The van der Waals surface area contributed by atoms with Gasteiger partial charge in [0.15, 0.2) is 0 Å². The number of rotatable bonds is 4. The molecule has 5 heteroatoms. The van der Waals surface area contributed by atoms with Gasteiger partial charge in [-0.2, -0.15) is 0 Å². The van der Waals surface area contributed by atoms with Crippen LogP contribution in [0.4, 0.5) is 11.5 Å². The zero-order valence-corrected chi connectivity index (χ0v) is 8.73. The molecule has 1 unspecified atom stereocenters. The van der Waals surface area contributed by atoms with Crippen molar-refractivity contribution in [1.82, 2.24) is 4.98 Å². The topological polar surface area (TPSA) is 68.1 Å². The van der Waals surface area contributed by atoms with Gasteiger partial charge in [-0.05, 0) is 13.8 Å². The maximum Gasteiger partial charge on any atom is 0.277 e. The van der Waals surface area contributed by atoms with Crippen LogP contribution in [0.15, 0.2) is 24.9 Å². The first-order valence-electron chi connectivity index (χ1n) is 4.54. The van der Waals surface area contributed by atoms with Gasteiger partial charge in [-0.1, -0.05) is 6.08 Å². The lowest BCUT2D eigenvalue weighted by Crippen LogP contribution is -2.12. The fourth-order valence-corrected chi connectivity index (χ4v) is 1.08. The van der Waals surface area contributed by atoms with Crippen molar-refractivity contribution in [2.24, 2.45) is 0 Å². The zero-order chi connectivity index (χ0) is 11.4. The van der Waals surface area contributed by atoms with Gasteiger partial charge in [0.05, 0.1) is 11.0 Å². The molecular formula is C10H13N3O2. The SMILES string of the molecule is C=CC(C)Nc1cc([N+](=O)[O-])c(C)cn1. The van der Waals surface area contributed by atoms with Crippen LogP contribution < -0.4 is 5.32 Å². The van der Waals surface area contributed by atoms with Crippen molar-refractivity contribution in [3.63, 3.8) is 0 Å². The molecule has 1 aromatic rings. The number of nitro groups is 1. The van der Waals surface area contributed by atoms with E-state index in [1.807, 2.05) is 6.92 Å². The third-order valence-electron chi connectivity index (χ3n) is 2.00. The minimum atomic E-state index is -0.416. The summed E-state index contributed by atoms with van der Waals surface area (Å²) >= 11 is 0. The maximum atomic E-state index is 10.7. The summed E-state index contributed by atoms with van der Waals surface area (Å²) in [5.74, 6) is 0.486. The second-order valence-electron chi connectivity index (χ2n) is 3.28. The number of hydrogen-bond acceptors (Lipinski definition) is 4. The van der Waals surface area contributed by atoms with E-state index < -0.39 is 4.92 Å². The first-order chi connectivity index (χ1) is 7.04. The van der Waals surface area contributed by atoms with Crippen LogP contribution in [-0.2, 0) is 0 Å². The van der Waals surface area contributed by atoms with Crippen LogP contribution >= 0.6 is 0 Å². The predicted molar refractivity (Wildman–Crippen MR) is 58.9 cm³/mol. The molecule has 15 heavy (non-hydrogen) atoms. The molecule has 0 saturated carbocycles. The van der Waals surface area contributed by atoms with Crippen molar-refractivity contribution in [2.75, 3.05) is 5.32 Å². The molecule has 0 aliphatic heterocycles. The Kier molecular flexibility index (Phi) is 3.38. The molecule has 0 bridgehead atoms. The molecule has 1 aromatic heterocycles. The number of aromatic nitrogens is 1. The number of anilines is 1. The molecule has 1 N–H and O–H groups in total. The molecule has 1 atom stereocenters. The summed E-state index contributed by atoms with van der Waals surface area (Å²) in [6, 6.07) is 1.45. The van der Waals surface area contributed by atoms with Crippen LogP contribution in [0, 0.1) is 17.0 Å². The van der Waals surface area contributed by atoms with Crippen LogP contribution in [0.2, 0.25) is 0 Å². The summed E-state index contributed by atoms with van der Waals surface area (Å²) in [6.45, 7) is 7.16. The number of pyridine rings is 1. The Bertz CT molecular complexity index is 390. The lowest BCUT2D eigenvalue weighted by atomic mass is 10.2. The molecule has 0 spiro atoms. The van der Waals surface area contributed by atoms with Crippen molar-refractivity contribution < 1.29 is 4.92 Å². The highest BCUT2D eigenvalue weighted by atomic mass is 16.6. The fourth-order valence-electron chi connectivity index (χ4n) is 1.08. The summed E-state index contributed by atoms with van der Waals surface area (Å²) in [5, 5.41) is 13.6. The van der Waals surface area contributed by atoms with Crippen molar-refractivity contribution in [3.8, 4) is 0 Å². The van der Waals surface area contributed by atoms with Gasteiger partial charge < -0.3 is 5.32 Å². The quantitative estimate of drug-likeness (QED) is 0.467. The zero-order valence-electron chi connectivity index (χ0n) is 8.73. The van der Waals surface area contributed by atoms with Gasteiger partial charge in [0.25, 0.3) is 5.69 Å². The highest BCUT2D eigenvalue weighted by molar-refractivity contribution is 5.49. The Morgan fingerprint density at radius 1 is 1.73 bits per heavy atom. The van der Waals surface area contributed by atoms with Gasteiger partial charge in [0.1, 0.15) is 5.82 Å². The van der Waals surface area contributed by atoms with Gasteiger partial charge in [-0.15, -0.1) is 6.58 Å². The monoisotopic (exact) mass is 207 g/mol. The Morgan fingerprint density at radius 2 is 2.40 bits per heavy atom. The lowest BCUT2D eigenvalue weighted by Gasteiger charge is -2.09. The average molecular weight is 207 g/mol. The first-order valence-corrected chi connectivity index (χ1v) is 4.54. The number of nitrogens with zero attached hydrogens (tertiary/aromatic N) is 2. The van der Waals surface area contributed by atoms with E-state index in [1.54, 1.807) is 13.0 Å². The van der Waals surface area contributed by atoms with Gasteiger partial charge in [-0.25, -0.2) is 4.98 Å². The van der Waals surface area contributed by atoms with Gasteiger partial charge in [-0.3, -0.25) is 10.1 Å². The third kappa shape index (κ3) is 2.77. The van der Waals surface area contributed by atoms with Crippen molar-refractivity contribution in [1.29, 1.82) is 0 Å². The third-order valence-corrected chi connectivity index (χ3v) is 2.00. The molecule has 80 valence electrons. The summed E-state index contributed by atoms with van der Waals surface area (Å²) < 4.78 is 0. The fraction of sp³-hybridized carbons (Fsp3) is 0.300. The molecule has 0 saturated heterocycles. The number of hydrogen-bond donors (Lipinski definition) is 1. The van der Waals surface area contributed by atoms with Crippen molar-refractivity contribution >= 4 is 11.5 Å². The van der Waals surface area contributed by atoms with Crippen molar-refractivity contribution in [2.45, 2.75) is 19.9 Å². The molecule has 1 heterocycles. The number of aryl methyl sites for hydroxylation is 1. The van der Waals surface area contributed by atoms with Crippen LogP contribution in [0.3, 0.4) is 0 Å². The highest BCUT2D eigenvalue weighted by Crippen LogP contribution is 2.20. The lowest BCUT2D eigenvalue weighted by molar-refractivity contribution is -0.385. The van der Waals surface area contributed by atoms with E-state index in [9.17, 15) is 10.1 Å². The van der Waals surface area contributed by atoms with Crippen LogP contribution in [0.1, 0.15) is 12.5 Å². The van der Waals surface area contributed by atoms with Crippen molar-refractivity contribution in [3.05, 3.63) is 40.6 Å². The molecule has 0 aliphatic carbocycles. The second kappa shape index (κ2) is 4.54. The van der Waals surface area contributed by atoms with E-state index >= 15 is 0 Å². The molecule has 5 nitrogen and oxygen atoms in total. The summed E-state index contributed by atoms with van der Waals surface area (Å²) in [4.78, 5) is 14.3. The van der Waals surface area contributed by atoms with Crippen LogP contribution in [-0.4, -0.2) is 15.9 Å². The minimum Gasteiger partial charge on any atom is -0.364 e. The molecule has 0 aliphatic rings. The number of nitrogens with one attached hydrogen (secondary N) is 1. The maximum absolute atomic E-state index is 10.7. The summed E-state index contributed by atoms with van der Waals surface area (Å²) in [6.07, 6.45) is 3.18. The molecule has 0 aromatic carbocycles. The van der Waals surface area contributed by atoms with Crippen LogP contribution in [0.25, 0.3) is 0 Å². The van der Waals surface area contributed by atoms with E-state index in [0.717, 1.165) is 0 Å². The normalized spacial score (nSPS) is 11.9. The molecule has 0 fully saturated rings. The predicted octanol–water partition coefficient (Wildman–Crippen LogP) is 2.28. The smallest absolute Gasteiger partial charge is 0.277 e. The highest BCUT2D eigenvalue weighted by Gasteiger charge is 2.12. The standard InChI is InChI=1S/C10H13N3O2/c1-4-8(3)12-10-5-9(13(14)15)7(2)6-11-10/h4-6,8H,1H2,2-3H3,(H,11,12). The summed E-state index contributed by atoms with van der Waals surface area (Å²) in [7, 11) is 0. The largest absolute Gasteiger partial charge is 0.364 e. The van der Waals surface area contributed by atoms with E-state index in [2.05, 4.69) is 16.9 Å². The van der Waals surface area contributed by atoms with E-state index in [1.165, 1.54) is 12.3 Å². The average Bonchev–Trinajstić information content (AvgIpc) is 2.20. The minimum absolute atomic E-state index is 0.0276. The molecule has 1 rings (SSSR count). The second-order valence-corrected chi connectivity index (χ2v) is 3.28. The molecular weight excluding hydrogens is 194 g/mol. The van der Waals surface area contributed by atoms with Crippen LogP contribution in [0.5, 0.6) is 0 Å². The Morgan fingerprint density at radius 3 is 2.93 bits per heavy atom. The van der Waals surface area contributed by atoms with Gasteiger partial charge in [0.2, 0.25) is 0 Å². The van der Waals surface area contributed by atoms with E-state index in [0.29, 0.717) is 11.4 Å². The molecule has 0 amide bonds. The Balaban J connectivity index is 2.97. The summed E-state index contributed by atoms with van der Waals surface area (Å²) in [5.41, 5.74) is 0.626.